The molecule has 0 bridgehead atoms. The maximum Gasteiger partial charge on any atom is 0.161 e. The minimum absolute atomic E-state index is 0.0239. The summed E-state index contributed by atoms with van der Waals surface area (Å²) in [5, 5.41) is 12.5. The van der Waals surface area contributed by atoms with Crippen LogP contribution in [-0.4, -0.2) is 24.9 Å². The molecule has 1 aliphatic rings. The number of rotatable bonds is 4. The minimum Gasteiger partial charge on any atom is -0.382 e. The van der Waals surface area contributed by atoms with Crippen molar-refractivity contribution in [1.82, 2.24) is 0 Å². The van der Waals surface area contributed by atoms with Gasteiger partial charge in [0.1, 0.15) is 5.82 Å². The van der Waals surface area contributed by atoms with Crippen molar-refractivity contribution in [3.63, 3.8) is 0 Å². The molecule has 0 aliphatic carbocycles. The number of piperidine rings is 1. The fourth-order valence-electron chi connectivity index (χ4n) is 3.21. The van der Waals surface area contributed by atoms with Crippen LogP contribution >= 0.6 is 0 Å². The molecule has 0 saturated carbocycles. The number of nitrogens with one attached hydrogen (secondary N) is 1. The van der Waals surface area contributed by atoms with Gasteiger partial charge in [0.05, 0.1) is 11.6 Å². The van der Waals surface area contributed by atoms with E-state index < -0.39 is 0 Å². The number of hydrogen-bond acceptors (Lipinski definition) is 4. The molecular weight excluding hydrogens is 317 g/mol. The molecule has 5 heteroatoms. The molecule has 0 atom stereocenters. The average molecular weight is 337 g/mol. The molecule has 1 saturated heterocycles. The molecule has 1 heterocycles. The molecule has 0 amide bonds. The highest BCUT2D eigenvalue weighted by Gasteiger charge is 2.21. The number of halogens is 1. The molecule has 0 aromatic heterocycles. The van der Waals surface area contributed by atoms with Gasteiger partial charge >= 0.3 is 0 Å². The Bertz CT molecular complexity index is 820. The first kappa shape index (κ1) is 17.0. The van der Waals surface area contributed by atoms with E-state index in [1.54, 1.807) is 30.3 Å². The zero-order valence-corrected chi connectivity index (χ0v) is 14.1. The van der Waals surface area contributed by atoms with Gasteiger partial charge in [-0.3, -0.25) is 4.79 Å². The lowest BCUT2D eigenvalue weighted by atomic mass is 10.0. The van der Waals surface area contributed by atoms with Crippen molar-refractivity contribution in [2.75, 3.05) is 23.3 Å². The summed E-state index contributed by atoms with van der Waals surface area (Å²) in [7, 11) is 0. The Hall–Kier alpha value is -2.87. The van der Waals surface area contributed by atoms with Gasteiger partial charge < -0.3 is 10.2 Å². The number of nitrogens with zero attached hydrogens (tertiary/aromatic N) is 2. The number of benzene rings is 2. The third-order valence-electron chi connectivity index (χ3n) is 4.56. The van der Waals surface area contributed by atoms with Gasteiger partial charge in [-0.25, -0.2) is 4.39 Å². The summed E-state index contributed by atoms with van der Waals surface area (Å²) in [6, 6.07) is 14.1. The normalized spacial score (nSPS) is 14.8. The van der Waals surface area contributed by atoms with Gasteiger partial charge in [-0.2, -0.15) is 5.26 Å². The van der Waals surface area contributed by atoms with Gasteiger partial charge in [0, 0.05) is 36.1 Å². The van der Waals surface area contributed by atoms with Gasteiger partial charge in [-0.15, -0.1) is 0 Å². The molecular formula is C20H20FN3O. The van der Waals surface area contributed by atoms with Gasteiger partial charge in [-0.05, 0) is 56.2 Å². The lowest BCUT2D eigenvalue weighted by molar-refractivity contribution is 0.101. The molecule has 0 spiro atoms. The van der Waals surface area contributed by atoms with Crippen LogP contribution in [0.5, 0.6) is 0 Å². The maximum atomic E-state index is 13.4. The molecule has 25 heavy (non-hydrogen) atoms. The van der Waals surface area contributed by atoms with Crippen LogP contribution in [0.25, 0.3) is 0 Å². The number of anilines is 2. The van der Waals surface area contributed by atoms with E-state index in [9.17, 15) is 9.18 Å². The molecule has 1 fully saturated rings. The van der Waals surface area contributed by atoms with E-state index in [-0.39, 0.29) is 17.6 Å². The molecule has 2 aromatic rings. The van der Waals surface area contributed by atoms with Crippen LogP contribution in [0.1, 0.15) is 35.7 Å². The zero-order valence-electron chi connectivity index (χ0n) is 14.1. The SMILES string of the molecule is CC(=O)c1ccc(C#N)cc1NC1CCN(c2cccc(F)c2)CC1. The van der Waals surface area contributed by atoms with Crippen molar-refractivity contribution in [2.45, 2.75) is 25.8 Å². The quantitative estimate of drug-likeness (QED) is 0.858. The summed E-state index contributed by atoms with van der Waals surface area (Å²) in [5.41, 5.74) is 2.75. The fraction of sp³-hybridized carbons (Fsp3) is 0.300. The average Bonchev–Trinajstić information content (AvgIpc) is 2.62. The maximum absolute atomic E-state index is 13.4. The topological polar surface area (TPSA) is 56.1 Å². The first-order valence-electron chi connectivity index (χ1n) is 8.39. The first-order chi connectivity index (χ1) is 12.1. The Balaban J connectivity index is 1.68. The monoisotopic (exact) mass is 337 g/mol. The van der Waals surface area contributed by atoms with Crippen LogP contribution in [0.15, 0.2) is 42.5 Å². The summed E-state index contributed by atoms with van der Waals surface area (Å²) in [6.07, 6.45) is 1.76. The third kappa shape index (κ3) is 3.97. The molecule has 4 nitrogen and oxygen atoms in total. The van der Waals surface area contributed by atoms with Crippen molar-refractivity contribution in [3.8, 4) is 6.07 Å². The van der Waals surface area contributed by atoms with E-state index >= 15 is 0 Å². The van der Waals surface area contributed by atoms with Crippen molar-refractivity contribution < 1.29 is 9.18 Å². The second-order valence-corrected chi connectivity index (χ2v) is 6.31. The highest BCUT2D eigenvalue weighted by atomic mass is 19.1. The van der Waals surface area contributed by atoms with E-state index in [0.29, 0.717) is 11.1 Å². The van der Waals surface area contributed by atoms with Crippen LogP contribution in [0, 0.1) is 17.1 Å². The Labute approximate surface area is 146 Å². The number of carbonyl (C=O) groups is 1. The van der Waals surface area contributed by atoms with Gasteiger partial charge in [0.15, 0.2) is 5.78 Å². The summed E-state index contributed by atoms with van der Waals surface area (Å²) in [6.45, 7) is 3.15. The van der Waals surface area contributed by atoms with Gasteiger partial charge in [0.2, 0.25) is 0 Å². The van der Waals surface area contributed by atoms with E-state index in [4.69, 9.17) is 5.26 Å². The van der Waals surface area contributed by atoms with Crippen LogP contribution < -0.4 is 10.2 Å². The smallest absolute Gasteiger partial charge is 0.161 e. The van der Waals surface area contributed by atoms with E-state index in [2.05, 4.69) is 16.3 Å². The lowest BCUT2D eigenvalue weighted by Gasteiger charge is -2.34. The Morgan fingerprint density at radius 2 is 2.00 bits per heavy atom. The number of ketones is 1. The molecule has 3 rings (SSSR count). The molecule has 0 unspecified atom stereocenters. The molecule has 1 N–H and O–H groups in total. The lowest BCUT2D eigenvalue weighted by Crippen LogP contribution is -2.39. The highest BCUT2D eigenvalue weighted by Crippen LogP contribution is 2.25. The van der Waals surface area contributed by atoms with E-state index in [1.807, 2.05) is 6.07 Å². The van der Waals surface area contributed by atoms with Crippen molar-refractivity contribution in [2.24, 2.45) is 0 Å². The fourth-order valence-corrected chi connectivity index (χ4v) is 3.21. The van der Waals surface area contributed by atoms with Crippen LogP contribution in [0.4, 0.5) is 15.8 Å². The first-order valence-corrected chi connectivity index (χ1v) is 8.39. The molecule has 2 aromatic carbocycles. The summed E-state index contributed by atoms with van der Waals surface area (Å²) >= 11 is 0. The third-order valence-corrected chi connectivity index (χ3v) is 4.56. The molecule has 1 aliphatic heterocycles. The zero-order chi connectivity index (χ0) is 17.8. The van der Waals surface area contributed by atoms with Gasteiger partial charge in [-0.1, -0.05) is 6.07 Å². The number of nitriles is 1. The van der Waals surface area contributed by atoms with Crippen LogP contribution in [0.3, 0.4) is 0 Å². The van der Waals surface area contributed by atoms with Crippen molar-refractivity contribution in [3.05, 3.63) is 59.4 Å². The standard InChI is InChI=1S/C20H20FN3O/c1-14(25)19-6-5-15(13-22)11-20(19)23-17-7-9-24(10-8-17)18-4-2-3-16(21)12-18/h2-6,11-12,17,23H,7-10H2,1H3. The number of Topliss-reactive ketones (excluding diaryl/α,β-unsaturated/α-hetero) is 1. The van der Waals surface area contributed by atoms with Crippen LogP contribution in [-0.2, 0) is 0 Å². The number of hydrogen-bond donors (Lipinski definition) is 1. The van der Waals surface area contributed by atoms with E-state index in [0.717, 1.165) is 37.3 Å². The summed E-state index contributed by atoms with van der Waals surface area (Å²) < 4.78 is 13.4. The second kappa shape index (κ2) is 7.35. The Kier molecular flexibility index (Phi) is 4.99. The van der Waals surface area contributed by atoms with Gasteiger partial charge in [0.25, 0.3) is 0 Å². The largest absolute Gasteiger partial charge is 0.382 e. The molecule has 128 valence electrons. The summed E-state index contributed by atoms with van der Waals surface area (Å²) in [5.74, 6) is -0.249. The van der Waals surface area contributed by atoms with Crippen LogP contribution in [0.2, 0.25) is 0 Å². The second-order valence-electron chi connectivity index (χ2n) is 6.31. The Morgan fingerprint density at radius 3 is 2.64 bits per heavy atom. The predicted molar refractivity (Wildman–Crippen MR) is 96.4 cm³/mol. The van der Waals surface area contributed by atoms with Crippen molar-refractivity contribution >= 4 is 17.2 Å². The minimum atomic E-state index is -0.225. The Morgan fingerprint density at radius 1 is 1.24 bits per heavy atom. The molecule has 0 radical (unpaired) electrons. The highest BCUT2D eigenvalue weighted by molar-refractivity contribution is 5.99. The summed E-state index contributed by atoms with van der Waals surface area (Å²) in [4.78, 5) is 14.0. The predicted octanol–water partition coefficient (Wildman–Crippen LogP) is 3.98. The number of carbonyl (C=O) groups excluding carboxylic acids is 1. The van der Waals surface area contributed by atoms with Crippen molar-refractivity contribution in [1.29, 1.82) is 5.26 Å². The van der Waals surface area contributed by atoms with E-state index in [1.165, 1.54) is 13.0 Å².